The number of benzene rings is 2. The van der Waals surface area contributed by atoms with E-state index in [0.717, 1.165) is 16.8 Å². The molecule has 0 amide bonds. The number of nitrogens with zero attached hydrogens (tertiary/aromatic N) is 1. The van der Waals surface area contributed by atoms with Crippen molar-refractivity contribution in [2.45, 2.75) is 6.54 Å². The van der Waals surface area contributed by atoms with Crippen LogP contribution in [0.4, 0.5) is 5.69 Å². The average Bonchev–Trinajstić information content (AvgIpc) is 2.46. The maximum absolute atomic E-state index is 4.20. The van der Waals surface area contributed by atoms with Gasteiger partial charge in [0.25, 0.3) is 0 Å². The molecule has 0 spiro atoms. The average molecular weight is 313 g/mol. The highest BCUT2D eigenvalue weighted by Gasteiger charge is 2.00. The van der Waals surface area contributed by atoms with Crippen LogP contribution in [0.15, 0.2) is 65.4 Å². The molecule has 0 aliphatic rings. The summed E-state index contributed by atoms with van der Waals surface area (Å²) in [4.78, 5) is 4.20. The molecule has 3 heteroatoms. The van der Waals surface area contributed by atoms with Crippen molar-refractivity contribution in [3.05, 3.63) is 71.0 Å². The van der Waals surface area contributed by atoms with Gasteiger partial charge in [-0.3, -0.25) is 0 Å². The lowest BCUT2D eigenvalue weighted by molar-refractivity contribution is 1.13. The Hall–Kier alpha value is -1.87. The van der Waals surface area contributed by atoms with Crippen LogP contribution in [0.5, 0.6) is 0 Å². The summed E-state index contributed by atoms with van der Waals surface area (Å²) >= 11 is 3.44. The zero-order chi connectivity index (χ0) is 13.1. The molecule has 0 fully saturated rings. The fraction of sp³-hybridized carbons (Fsp3) is 0.0625. The van der Waals surface area contributed by atoms with E-state index in [4.69, 9.17) is 0 Å². The van der Waals surface area contributed by atoms with Crippen LogP contribution in [0.2, 0.25) is 0 Å². The first-order chi connectivity index (χ1) is 9.33. The molecule has 3 rings (SSSR count). The van der Waals surface area contributed by atoms with E-state index in [1.165, 1.54) is 16.3 Å². The second-order valence-electron chi connectivity index (χ2n) is 4.38. The molecule has 0 aliphatic heterocycles. The molecule has 1 heterocycles. The standard InChI is InChI=1S/C16H13BrN2/c17-16-15(6-3-9-18-16)19-11-12-7-8-13-4-1-2-5-14(13)10-12/h1-10,19H,11H2. The van der Waals surface area contributed by atoms with Crippen molar-refractivity contribution in [2.75, 3.05) is 5.32 Å². The Morgan fingerprint density at radius 1 is 0.947 bits per heavy atom. The Kier molecular flexibility index (Phi) is 3.47. The smallest absolute Gasteiger partial charge is 0.129 e. The molecule has 0 unspecified atom stereocenters. The first-order valence-corrected chi connectivity index (χ1v) is 6.94. The fourth-order valence-electron chi connectivity index (χ4n) is 2.06. The Bertz CT molecular complexity index is 710. The molecule has 0 bridgehead atoms. The van der Waals surface area contributed by atoms with Gasteiger partial charge < -0.3 is 5.32 Å². The third-order valence-electron chi connectivity index (χ3n) is 3.06. The van der Waals surface area contributed by atoms with Crippen LogP contribution in [-0.2, 0) is 6.54 Å². The second kappa shape index (κ2) is 5.41. The normalized spacial score (nSPS) is 10.6. The lowest BCUT2D eigenvalue weighted by atomic mass is 10.1. The third kappa shape index (κ3) is 2.76. The number of nitrogens with one attached hydrogen (secondary N) is 1. The van der Waals surface area contributed by atoms with Crippen molar-refractivity contribution in [2.24, 2.45) is 0 Å². The Morgan fingerprint density at radius 2 is 1.79 bits per heavy atom. The van der Waals surface area contributed by atoms with E-state index in [0.29, 0.717) is 0 Å². The zero-order valence-corrected chi connectivity index (χ0v) is 11.9. The molecule has 94 valence electrons. The number of pyridine rings is 1. The highest BCUT2D eigenvalue weighted by molar-refractivity contribution is 9.10. The number of rotatable bonds is 3. The van der Waals surface area contributed by atoms with Crippen LogP contribution < -0.4 is 5.32 Å². The summed E-state index contributed by atoms with van der Waals surface area (Å²) in [6.45, 7) is 0.787. The molecule has 1 N–H and O–H groups in total. The zero-order valence-electron chi connectivity index (χ0n) is 10.3. The van der Waals surface area contributed by atoms with Gasteiger partial charge in [0.2, 0.25) is 0 Å². The number of fused-ring (bicyclic) bond motifs is 1. The SMILES string of the molecule is Brc1ncccc1NCc1ccc2ccccc2c1. The van der Waals surface area contributed by atoms with E-state index in [2.05, 4.69) is 68.7 Å². The van der Waals surface area contributed by atoms with Crippen molar-refractivity contribution < 1.29 is 0 Å². The summed E-state index contributed by atoms with van der Waals surface area (Å²) in [6.07, 6.45) is 1.77. The van der Waals surface area contributed by atoms with Gasteiger partial charge in [0.1, 0.15) is 4.60 Å². The first-order valence-electron chi connectivity index (χ1n) is 6.15. The minimum atomic E-state index is 0.787. The lowest BCUT2D eigenvalue weighted by Gasteiger charge is -2.08. The Balaban J connectivity index is 1.80. The highest BCUT2D eigenvalue weighted by atomic mass is 79.9. The van der Waals surface area contributed by atoms with Gasteiger partial charge in [-0.1, -0.05) is 36.4 Å². The maximum atomic E-state index is 4.20. The molecule has 0 radical (unpaired) electrons. The van der Waals surface area contributed by atoms with Crippen LogP contribution in [0.1, 0.15) is 5.56 Å². The predicted octanol–water partition coefficient (Wildman–Crippen LogP) is 4.61. The summed E-state index contributed by atoms with van der Waals surface area (Å²) in [6, 6.07) is 18.9. The molecule has 19 heavy (non-hydrogen) atoms. The molecule has 0 aliphatic carbocycles. The monoisotopic (exact) mass is 312 g/mol. The summed E-state index contributed by atoms with van der Waals surface area (Å²) in [7, 11) is 0. The molecule has 1 aromatic heterocycles. The predicted molar refractivity (Wildman–Crippen MR) is 83.2 cm³/mol. The quantitative estimate of drug-likeness (QED) is 0.714. The van der Waals surface area contributed by atoms with Crippen LogP contribution in [-0.4, -0.2) is 4.98 Å². The second-order valence-corrected chi connectivity index (χ2v) is 5.13. The van der Waals surface area contributed by atoms with Gasteiger partial charge in [0.15, 0.2) is 0 Å². The van der Waals surface area contributed by atoms with E-state index in [1.54, 1.807) is 6.20 Å². The number of aromatic nitrogens is 1. The van der Waals surface area contributed by atoms with Crippen molar-refractivity contribution in [3.63, 3.8) is 0 Å². The number of hydrogen-bond donors (Lipinski definition) is 1. The lowest BCUT2D eigenvalue weighted by Crippen LogP contribution is -2.00. The van der Waals surface area contributed by atoms with Gasteiger partial charge in [0.05, 0.1) is 5.69 Å². The van der Waals surface area contributed by atoms with Crippen LogP contribution >= 0.6 is 15.9 Å². The summed E-state index contributed by atoms with van der Waals surface area (Å²) in [5, 5.41) is 5.93. The molecule has 0 saturated heterocycles. The van der Waals surface area contributed by atoms with E-state index < -0.39 is 0 Å². The number of halogens is 1. The topological polar surface area (TPSA) is 24.9 Å². The Morgan fingerprint density at radius 3 is 2.63 bits per heavy atom. The molecule has 0 atom stereocenters. The van der Waals surface area contributed by atoms with Crippen LogP contribution in [0.3, 0.4) is 0 Å². The molecule has 3 aromatic rings. The minimum absolute atomic E-state index is 0.787. The van der Waals surface area contributed by atoms with Gasteiger partial charge >= 0.3 is 0 Å². The number of anilines is 1. The summed E-state index contributed by atoms with van der Waals surface area (Å²) in [5.74, 6) is 0. The minimum Gasteiger partial charge on any atom is -0.379 e. The van der Waals surface area contributed by atoms with Gasteiger partial charge in [-0.25, -0.2) is 4.98 Å². The number of hydrogen-bond acceptors (Lipinski definition) is 2. The summed E-state index contributed by atoms with van der Waals surface area (Å²) < 4.78 is 0.843. The molecule has 2 aromatic carbocycles. The van der Waals surface area contributed by atoms with E-state index >= 15 is 0 Å². The van der Waals surface area contributed by atoms with Crippen molar-refractivity contribution >= 4 is 32.4 Å². The molecule has 2 nitrogen and oxygen atoms in total. The third-order valence-corrected chi connectivity index (χ3v) is 3.69. The van der Waals surface area contributed by atoms with E-state index in [9.17, 15) is 0 Å². The van der Waals surface area contributed by atoms with Crippen LogP contribution in [0.25, 0.3) is 10.8 Å². The summed E-state index contributed by atoms with van der Waals surface area (Å²) in [5.41, 5.74) is 2.27. The van der Waals surface area contributed by atoms with Crippen molar-refractivity contribution in [1.82, 2.24) is 4.98 Å². The molecular weight excluding hydrogens is 300 g/mol. The highest BCUT2D eigenvalue weighted by Crippen LogP contribution is 2.20. The van der Waals surface area contributed by atoms with E-state index in [-0.39, 0.29) is 0 Å². The first kappa shape index (κ1) is 12.2. The maximum Gasteiger partial charge on any atom is 0.129 e. The van der Waals surface area contributed by atoms with Gasteiger partial charge in [-0.05, 0) is 50.5 Å². The molecular formula is C16H13BrN2. The van der Waals surface area contributed by atoms with Crippen molar-refractivity contribution in [1.29, 1.82) is 0 Å². The van der Waals surface area contributed by atoms with E-state index in [1.807, 2.05) is 12.1 Å². The molecule has 0 saturated carbocycles. The Labute approximate surface area is 120 Å². The van der Waals surface area contributed by atoms with Gasteiger partial charge in [0, 0.05) is 12.7 Å². The van der Waals surface area contributed by atoms with Crippen molar-refractivity contribution in [3.8, 4) is 0 Å². The van der Waals surface area contributed by atoms with Gasteiger partial charge in [-0.15, -0.1) is 0 Å². The van der Waals surface area contributed by atoms with Crippen LogP contribution in [0, 0.1) is 0 Å². The van der Waals surface area contributed by atoms with Gasteiger partial charge in [-0.2, -0.15) is 0 Å². The fourth-order valence-corrected chi connectivity index (χ4v) is 2.45. The largest absolute Gasteiger partial charge is 0.379 e.